The summed E-state index contributed by atoms with van der Waals surface area (Å²) in [6, 6.07) is 9.67. The van der Waals surface area contributed by atoms with E-state index >= 15 is 0 Å². The molecule has 5 rings (SSSR count). The second-order valence-corrected chi connectivity index (χ2v) is 8.97. The molecule has 0 N–H and O–H groups in total. The molecule has 0 fully saturated rings. The molecule has 4 aliphatic rings. The zero-order valence-corrected chi connectivity index (χ0v) is 19.0. The molecule has 0 amide bonds. The fourth-order valence-electron chi connectivity index (χ4n) is 5.06. The van der Waals surface area contributed by atoms with Gasteiger partial charge in [0.1, 0.15) is 0 Å². The van der Waals surface area contributed by atoms with Gasteiger partial charge in [-0.05, 0) is 100 Å². The maximum atomic E-state index is 2.54. The highest BCUT2D eigenvalue weighted by Crippen LogP contribution is 2.34. The molecule has 1 aromatic carbocycles. The van der Waals surface area contributed by atoms with Crippen molar-refractivity contribution in [1.29, 1.82) is 0 Å². The second-order valence-electron chi connectivity index (χ2n) is 8.97. The molecule has 4 aliphatic carbocycles. The van der Waals surface area contributed by atoms with Crippen molar-refractivity contribution in [1.82, 2.24) is 0 Å². The molecule has 0 saturated heterocycles. The van der Waals surface area contributed by atoms with Crippen LogP contribution >= 0.6 is 0 Å². The first kappa shape index (κ1) is 20.9. The summed E-state index contributed by atoms with van der Waals surface area (Å²) in [5.74, 6) is 0. The fourth-order valence-corrected chi connectivity index (χ4v) is 5.06. The van der Waals surface area contributed by atoms with Crippen LogP contribution in [-0.2, 0) is 0 Å². The topological polar surface area (TPSA) is 6.48 Å². The summed E-state index contributed by atoms with van der Waals surface area (Å²) in [4.78, 5) is 4.96. The normalized spacial score (nSPS) is 22.2. The van der Waals surface area contributed by atoms with Crippen LogP contribution in [0, 0.1) is 0 Å². The van der Waals surface area contributed by atoms with E-state index in [2.05, 4.69) is 101 Å². The van der Waals surface area contributed by atoms with Crippen molar-refractivity contribution >= 4 is 11.4 Å². The van der Waals surface area contributed by atoms with Gasteiger partial charge in [0.2, 0.25) is 0 Å². The standard InChI is InChI=1S/C30H34N2/c1-5-13-25(14-6-1)31(26-15-7-2-8-16-26)29-21-23-30(24-22-29)32(27-17-9-3-10-18-27)28-19-11-4-12-20-28/h5,7,9,11,13-19,21-24,28H,1-4,6,8,10,12,20H2. The van der Waals surface area contributed by atoms with E-state index in [-0.39, 0.29) is 0 Å². The highest BCUT2D eigenvalue weighted by Gasteiger charge is 2.22. The van der Waals surface area contributed by atoms with Crippen LogP contribution < -0.4 is 9.80 Å². The Labute approximate surface area is 193 Å². The van der Waals surface area contributed by atoms with Gasteiger partial charge in [0.25, 0.3) is 0 Å². The van der Waals surface area contributed by atoms with E-state index in [1.165, 1.54) is 47.7 Å². The van der Waals surface area contributed by atoms with Crippen LogP contribution in [0.3, 0.4) is 0 Å². The van der Waals surface area contributed by atoms with E-state index in [4.69, 9.17) is 0 Å². The molecule has 0 heterocycles. The van der Waals surface area contributed by atoms with Gasteiger partial charge in [-0.1, -0.05) is 48.6 Å². The first-order chi connectivity index (χ1) is 15.9. The number of hydrogen-bond donors (Lipinski definition) is 0. The van der Waals surface area contributed by atoms with Crippen molar-refractivity contribution < 1.29 is 0 Å². The predicted octanol–water partition coefficient (Wildman–Crippen LogP) is 8.11. The molecule has 2 heteroatoms. The fraction of sp³-hybridized carbons (Fsp3) is 0.333. The summed E-state index contributed by atoms with van der Waals surface area (Å²) in [5, 5.41) is 0. The van der Waals surface area contributed by atoms with Crippen molar-refractivity contribution in [3.63, 3.8) is 0 Å². The molecular weight excluding hydrogens is 388 g/mol. The Bertz CT molecular complexity index is 981. The molecule has 1 unspecified atom stereocenters. The zero-order chi connectivity index (χ0) is 21.6. The number of rotatable bonds is 6. The molecule has 164 valence electrons. The van der Waals surface area contributed by atoms with Gasteiger partial charge in [-0.15, -0.1) is 0 Å². The van der Waals surface area contributed by atoms with E-state index < -0.39 is 0 Å². The Morgan fingerprint density at radius 3 is 1.62 bits per heavy atom. The van der Waals surface area contributed by atoms with Crippen molar-refractivity contribution in [2.45, 2.75) is 63.8 Å². The smallest absolute Gasteiger partial charge is 0.0522 e. The lowest BCUT2D eigenvalue weighted by atomic mass is 9.98. The Hall–Kier alpha value is -3.00. The van der Waals surface area contributed by atoms with Crippen LogP contribution in [0.15, 0.2) is 108 Å². The maximum Gasteiger partial charge on any atom is 0.0522 e. The number of anilines is 2. The molecule has 1 aromatic rings. The van der Waals surface area contributed by atoms with Crippen LogP contribution in [0.2, 0.25) is 0 Å². The van der Waals surface area contributed by atoms with Crippen LogP contribution in [0.4, 0.5) is 11.4 Å². The van der Waals surface area contributed by atoms with E-state index in [1.54, 1.807) is 0 Å². The molecule has 0 aromatic heterocycles. The largest absolute Gasteiger partial charge is 0.335 e. The van der Waals surface area contributed by atoms with Crippen LogP contribution in [0.25, 0.3) is 0 Å². The Morgan fingerprint density at radius 1 is 0.562 bits per heavy atom. The summed E-state index contributed by atoms with van der Waals surface area (Å²) in [7, 11) is 0. The SMILES string of the molecule is C1=CC(N(C2=CCCC=C2)c2ccc(N(C3=CCCC=C3)C3C=CCCC3)cc2)=CCC1. The first-order valence-electron chi connectivity index (χ1n) is 12.4. The third-order valence-electron chi connectivity index (χ3n) is 6.67. The molecular formula is C30H34N2. The molecule has 32 heavy (non-hydrogen) atoms. The van der Waals surface area contributed by atoms with Crippen molar-refractivity contribution in [2.24, 2.45) is 0 Å². The van der Waals surface area contributed by atoms with Crippen LogP contribution in [0.1, 0.15) is 57.8 Å². The molecule has 0 bridgehead atoms. The zero-order valence-electron chi connectivity index (χ0n) is 19.0. The van der Waals surface area contributed by atoms with Crippen molar-refractivity contribution in [3.8, 4) is 0 Å². The molecule has 0 spiro atoms. The molecule has 2 nitrogen and oxygen atoms in total. The van der Waals surface area contributed by atoms with E-state index in [1.807, 2.05) is 0 Å². The number of allylic oxidation sites excluding steroid dienone is 10. The summed E-state index contributed by atoms with van der Waals surface area (Å²) in [6.07, 6.45) is 36.1. The lowest BCUT2D eigenvalue weighted by Crippen LogP contribution is -2.34. The molecule has 0 aliphatic heterocycles. The highest BCUT2D eigenvalue weighted by molar-refractivity contribution is 5.68. The Balaban J connectivity index is 1.48. The van der Waals surface area contributed by atoms with Crippen LogP contribution in [0.5, 0.6) is 0 Å². The average molecular weight is 423 g/mol. The summed E-state index contributed by atoms with van der Waals surface area (Å²) >= 11 is 0. The summed E-state index contributed by atoms with van der Waals surface area (Å²) in [6.45, 7) is 0. The lowest BCUT2D eigenvalue weighted by molar-refractivity contribution is 0.619. The quantitative estimate of drug-likeness (QED) is 0.427. The van der Waals surface area contributed by atoms with Crippen molar-refractivity contribution in [2.75, 3.05) is 9.80 Å². The summed E-state index contributed by atoms with van der Waals surface area (Å²) < 4.78 is 0. The number of benzene rings is 1. The highest BCUT2D eigenvalue weighted by atomic mass is 15.2. The van der Waals surface area contributed by atoms with Gasteiger partial charge < -0.3 is 9.80 Å². The van der Waals surface area contributed by atoms with Gasteiger partial charge in [0.15, 0.2) is 0 Å². The third-order valence-corrected chi connectivity index (χ3v) is 6.67. The van der Waals surface area contributed by atoms with Gasteiger partial charge in [-0.2, -0.15) is 0 Å². The average Bonchev–Trinajstić information content (AvgIpc) is 2.88. The molecule has 0 radical (unpaired) electrons. The second kappa shape index (κ2) is 10.1. The minimum atomic E-state index is 0.438. The van der Waals surface area contributed by atoms with Gasteiger partial charge in [0, 0.05) is 28.5 Å². The minimum absolute atomic E-state index is 0.438. The number of hydrogen-bond acceptors (Lipinski definition) is 2. The van der Waals surface area contributed by atoms with Crippen LogP contribution in [-0.4, -0.2) is 6.04 Å². The predicted molar refractivity (Wildman–Crippen MR) is 138 cm³/mol. The van der Waals surface area contributed by atoms with Crippen molar-refractivity contribution in [3.05, 3.63) is 108 Å². The molecule has 1 atom stereocenters. The monoisotopic (exact) mass is 422 g/mol. The lowest BCUT2D eigenvalue weighted by Gasteiger charge is -2.36. The molecule has 0 saturated carbocycles. The van der Waals surface area contributed by atoms with E-state index in [0.717, 1.165) is 38.5 Å². The van der Waals surface area contributed by atoms with Gasteiger partial charge >= 0.3 is 0 Å². The maximum absolute atomic E-state index is 2.54. The van der Waals surface area contributed by atoms with E-state index in [0.29, 0.717) is 6.04 Å². The van der Waals surface area contributed by atoms with Gasteiger partial charge in [0.05, 0.1) is 6.04 Å². The first-order valence-corrected chi connectivity index (χ1v) is 12.4. The van der Waals surface area contributed by atoms with Gasteiger partial charge in [-0.25, -0.2) is 0 Å². The Morgan fingerprint density at radius 2 is 1.12 bits per heavy atom. The minimum Gasteiger partial charge on any atom is -0.335 e. The van der Waals surface area contributed by atoms with Gasteiger partial charge in [-0.3, -0.25) is 0 Å². The summed E-state index contributed by atoms with van der Waals surface area (Å²) in [5.41, 5.74) is 6.42. The third kappa shape index (κ3) is 4.60. The van der Waals surface area contributed by atoms with E-state index in [9.17, 15) is 0 Å². The number of nitrogens with zero attached hydrogens (tertiary/aromatic N) is 2. The Kier molecular flexibility index (Phi) is 6.58.